The molecule has 0 bridgehead atoms. The van der Waals surface area contributed by atoms with E-state index in [0.717, 1.165) is 44.4 Å². The van der Waals surface area contributed by atoms with E-state index in [0.29, 0.717) is 5.95 Å². The van der Waals surface area contributed by atoms with Crippen LogP contribution >= 0.6 is 0 Å². The minimum atomic E-state index is 0.662. The zero-order chi connectivity index (χ0) is 30.2. The highest BCUT2D eigenvalue weighted by atomic mass is 15.2. The van der Waals surface area contributed by atoms with E-state index in [-0.39, 0.29) is 0 Å². The van der Waals surface area contributed by atoms with E-state index in [2.05, 4.69) is 161 Å². The standard InChI is InChI=1S/C42H26N4/c1-3-13-27(14-4-1)41-32-20-9-11-21-36(32)43-42(44-41)46-38-24-29-16-8-7-15-28(29)23-33(38)35-25-34-31-19-10-12-22-37(31)45(39(34)26-40(35)46)30-17-5-2-6-18-30/h1-26H. The smallest absolute Gasteiger partial charge is 0.235 e. The summed E-state index contributed by atoms with van der Waals surface area (Å²) in [6.45, 7) is 0. The average molecular weight is 587 g/mol. The van der Waals surface area contributed by atoms with Crippen LogP contribution in [0.3, 0.4) is 0 Å². The van der Waals surface area contributed by atoms with Gasteiger partial charge < -0.3 is 4.57 Å². The molecule has 3 aromatic heterocycles. The predicted molar refractivity (Wildman–Crippen MR) is 191 cm³/mol. The molecular formula is C42H26N4. The van der Waals surface area contributed by atoms with Crippen LogP contribution in [0.15, 0.2) is 158 Å². The van der Waals surface area contributed by atoms with Crippen LogP contribution < -0.4 is 0 Å². The molecule has 0 fully saturated rings. The van der Waals surface area contributed by atoms with Gasteiger partial charge >= 0.3 is 0 Å². The largest absolute Gasteiger partial charge is 0.309 e. The molecule has 4 nitrogen and oxygen atoms in total. The summed E-state index contributed by atoms with van der Waals surface area (Å²) in [5, 5.41) is 8.27. The number of aromatic nitrogens is 4. The molecule has 10 rings (SSSR count). The molecular weight excluding hydrogens is 560 g/mol. The fourth-order valence-corrected chi connectivity index (χ4v) is 7.21. The average Bonchev–Trinajstić information content (AvgIpc) is 3.61. The molecule has 0 N–H and O–H groups in total. The third-order valence-electron chi connectivity index (χ3n) is 9.28. The molecule has 0 saturated carbocycles. The third-order valence-corrected chi connectivity index (χ3v) is 9.28. The van der Waals surface area contributed by atoms with Crippen LogP contribution in [-0.4, -0.2) is 19.1 Å². The van der Waals surface area contributed by atoms with Gasteiger partial charge in [0.25, 0.3) is 0 Å². The molecule has 3 heterocycles. The number of hydrogen-bond donors (Lipinski definition) is 0. The molecule has 0 aliphatic carbocycles. The number of hydrogen-bond acceptors (Lipinski definition) is 2. The second-order valence-electron chi connectivity index (χ2n) is 11.9. The van der Waals surface area contributed by atoms with Crippen LogP contribution in [0.4, 0.5) is 0 Å². The van der Waals surface area contributed by atoms with Gasteiger partial charge in [-0.25, -0.2) is 9.97 Å². The first-order valence-corrected chi connectivity index (χ1v) is 15.6. The number of benzene rings is 7. The van der Waals surface area contributed by atoms with Crippen LogP contribution in [-0.2, 0) is 0 Å². The van der Waals surface area contributed by atoms with Crippen molar-refractivity contribution in [1.82, 2.24) is 19.1 Å². The highest BCUT2D eigenvalue weighted by Gasteiger charge is 2.21. The highest BCUT2D eigenvalue weighted by Crippen LogP contribution is 2.41. The molecule has 0 aliphatic rings. The SMILES string of the molecule is c1ccc(-c2nc(-n3c4cc5ccccc5cc4c4cc5c6ccccc6n(-c6ccccc6)c5cc43)nc3ccccc23)cc1. The van der Waals surface area contributed by atoms with Crippen molar-refractivity contribution in [3.63, 3.8) is 0 Å². The Kier molecular flexibility index (Phi) is 5.25. The number of rotatable bonds is 3. The Hall–Kier alpha value is -6.26. The fourth-order valence-electron chi connectivity index (χ4n) is 7.21. The van der Waals surface area contributed by atoms with Crippen molar-refractivity contribution in [2.45, 2.75) is 0 Å². The monoisotopic (exact) mass is 586 g/mol. The Labute approximate surface area is 264 Å². The van der Waals surface area contributed by atoms with E-state index in [1.165, 1.54) is 37.8 Å². The zero-order valence-electron chi connectivity index (χ0n) is 24.8. The van der Waals surface area contributed by atoms with E-state index >= 15 is 0 Å². The van der Waals surface area contributed by atoms with Crippen LogP contribution in [0.1, 0.15) is 0 Å². The molecule has 46 heavy (non-hydrogen) atoms. The van der Waals surface area contributed by atoms with Crippen molar-refractivity contribution >= 4 is 65.3 Å². The van der Waals surface area contributed by atoms with E-state index in [1.54, 1.807) is 0 Å². The van der Waals surface area contributed by atoms with Crippen LogP contribution in [0, 0.1) is 0 Å². The first kappa shape index (κ1) is 25.1. The van der Waals surface area contributed by atoms with Gasteiger partial charge in [-0.05, 0) is 59.3 Å². The summed E-state index contributed by atoms with van der Waals surface area (Å²) in [5.41, 5.74) is 8.55. The molecule has 7 aromatic carbocycles. The van der Waals surface area contributed by atoms with Crippen molar-refractivity contribution in [2.24, 2.45) is 0 Å². The Bertz CT molecular complexity index is 2790. The Morgan fingerprint density at radius 3 is 1.78 bits per heavy atom. The number of nitrogens with zero attached hydrogens (tertiary/aromatic N) is 4. The Morgan fingerprint density at radius 1 is 0.370 bits per heavy atom. The highest BCUT2D eigenvalue weighted by molar-refractivity contribution is 6.20. The van der Waals surface area contributed by atoms with E-state index < -0.39 is 0 Å². The summed E-state index contributed by atoms with van der Waals surface area (Å²) < 4.78 is 4.64. The lowest BCUT2D eigenvalue weighted by atomic mass is 10.0. The van der Waals surface area contributed by atoms with Gasteiger partial charge in [0.2, 0.25) is 5.95 Å². The molecule has 214 valence electrons. The van der Waals surface area contributed by atoms with Crippen LogP contribution in [0.5, 0.6) is 0 Å². The Morgan fingerprint density at radius 2 is 0.957 bits per heavy atom. The first-order valence-electron chi connectivity index (χ1n) is 15.6. The van der Waals surface area contributed by atoms with Crippen molar-refractivity contribution in [2.75, 3.05) is 0 Å². The van der Waals surface area contributed by atoms with Gasteiger partial charge in [-0.15, -0.1) is 0 Å². The minimum absolute atomic E-state index is 0.662. The lowest BCUT2D eigenvalue weighted by Gasteiger charge is -2.12. The summed E-state index contributed by atoms with van der Waals surface area (Å²) >= 11 is 0. The van der Waals surface area contributed by atoms with Crippen LogP contribution in [0.2, 0.25) is 0 Å². The normalized spacial score (nSPS) is 11.9. The summed E-state index contributed by atoms with van der Waals surface area (Å²) in [6, 6.07) is 56.0. The first-order chi connectivity index (χ1) is 22.8. The second kappa shape index (κ2) is 9.62. The molecule has 4 heteroatoms. The molecule has 0 amide bonds. The summed E-state index contributed by atoms with van der Waals surface area (Å²) in [6.07, 6.45) is 0. The van der Waals surface area contributed by atoms with Gasteiger partial charge in [-0.3, -0.25) is 4.57 Å². The minimum Gasteiger partial charge on any atom is -0.309 e. The predicted octanol–water partition coefficient (Wildman–Crippen LogP) is 10.6. The quantitative estimate of drug-likeness (QED) is 0.206. The molecule has 0 radical (unpaired) electrons. The second-order valence-corrected chi connectivity index (χ2v) is 11.9. The third kappa shape index (κ3) is 3.61. The maximum absolute atomic E-state index is 5.34. The molecule has 10 aromatic rings. The summed E-state index contributed by atoms with van der Waals surface area (Å²) in [7, 11) is 0. The summed E-state index contributed by atoms with van der Waals surface area (Å²) in [5.74, 6) is 0.662. The van der Waals surface area contributed by atoms with Gasteiger partial charge in [0.05, 0.1) is 33.3 Å². The molecule has 0 unspecified atom stereocenters. The van der Waals surface area contributed by atoms with Crippen molar-refractivity contribution in [3.8, 4) is 22.9 Å². The molecule has 0 atom stereocenters. The topological polar surface area (TPSA) is 35.6 Å². The van der Waals surface area contributed by atoms with Crippen molar-refractivity contribution in [3.05, 3.63) is 158 Å². The van der Waals surface area contributed by atoms with E-state index in [1.807, 2.05) is 6.07 Å². The maximum Gasteiger partial charge on any atom is 0.235 e. The van der Waals surface area contributed by atoms with Gasteiger partial charge in [0.15, 0.2) is 0 Å². The van der Waals surface area contributed by atoms with Crippen molar-refractivity contribution in [1.29, 1.82) is 0 Å². The molecule has 0 saturated heterocycles. The summed E-state index contributed by atoms with van der Waals surface area (Å²) in [4.78, 5) is 10.6. The van der Waals surface area contributed by atoms with Gasteiger partial charge in [0.1, 0.15) is 0 Å². The number of fused-ring (bicyclic) bond motifs is 8. The number of para-hydroxylation sites is 3. The lowest BCUT2D eigenvalue weighted by molar-refractivity contribution is 1.01. The molecule has 0 aliphatic heterocycles. The van der Waals surface area contributed by atoms with Gasteiger partial charge in [-0.2, -0.15) is 0 Å². The lowest BCUT2D eigenvalue weighted by Crippen LogP contribution is -2.03. The molecule has 0 spiro atoms. The fraction of sp³-hybridized carbons (Fsp3) is 0. The Balaban J connectivity index is 1.39. The van der Waals surface area contributed by atoms with Crippen molar-refractivity contribution < 1.29 is 0 Å². The van der Waals surface area contributed by atoms with Gasteiger partial charge in [-0.1, -0.05) is 109 Å². The van der Waals surface area contributed by atoms with Gasteiger partial charge in [0, 0.05) is 38.2 Å². The zero-order valence-corrected chi connectivity index (χ0v) is 24.8. The maximum atomic E-state index is 5.34. The van der Waals surface area contributed by atoms with E-state index in [4.69, 9.17) is 9.97 Å². The van der Waals surface area contributed by atoms with Crippen LogP contribution in [0.25, 0.3) is 88.2 Å². The van der Waals surface area contributed by atoms with E-state index in [9.17, 15) is 0 Å².